The first-order valence-corrected chi connectivity index (χ1v) is 6.68. The number of methoxy groups -OCH3 is 1. The van der Waals surface area contributed by atoms with Crippen molar-refractivity contribution in [3.63, 3.8) is 0 Å². The number of nitrogens with one attached hydrogen (secondary N) is 2. The number of amides is 1. The molecule has 1 unspecified atom stereocenters. The average molecular weight is 262 g/mol. The van der Waals surface area contributed by atoms with E-state index in [4.69, 9.17) is 4.74 Å². The maximum Gasteiger partial charge on any atom is 0.220 e. The van der Waals surface area contributed by atoms with E-state index in [1.807, 2.05) is 19.2 Å². The van der Waals surface area contributed by atoms with Gasteiger partial charge in [-0.05, 0) is 26.5 Å². The average Bonchev–Trinajstić information content (AvgIpc) is 2.39. The fourth-order valence-electron chi connectivity index (χ4n) is 2.95. The van der Waals surface area contributed by atoms with Crippen LogP contribution in [0.4, 0.5) is 0 Å². The van der Waals surface area contributed by atoms with E-state index in [1.165, 1.54) is 5.56 Å². The summed E-state index contributed by atoms with van der Waals surface area (Å²) in [7, 11) is 3.61. The topological polar surface area (TPSA) is 50.4 Å². The summed E-state index contributed by atoms with van der Waals surface area (Å²) in [5, 5.41) is 6.14. The van der Waals surface area contributed by atoms with Crippen LogP contribution < -0.4 is 15.4 Å². The highest BCUT2D eigenvalue weighted by Gasteiger charge is 2.39. The monoisotopic (exact) mass is 262 g/mol. The van der Waals surface area contributed by atoms with Crippen molar-refractivity contribution in [2.24, 2.45) is 0 Å². The van der Waals surface area contributed by atoms with Gasteiger partial charge in [0, 0.05) is 30.5 Å². The van der Waals surface area contributed by atoms with Crippen LogP contribution >= 0.6 is 0 Å². The Balaban J connectivity index is 2.48. The lowest BCUT2D eigenvalue weighted by molar-refractivity contribution is -0.124. The number of carbonyl (C=O) groups is 1. The molecule has 1 aliphatic heterocycles. The van der Waals surface area contributed by atoms with Crippen LogP contribution in [0.15, 0.2) is 18.2 Å². The summed E-state index contributed by atoms with van der Waals surface area (Å²) >= 11 is 0. The molecular formula is C15H22N2O2. The first kappa shape index (κ1) is 13.9. The standard InChI is InChI=1S/C15H22N2O2/c1-11-4-5-13(19-3)12(8-11)15(10-16-2)6-7-17-14(18)9-15/h4-5,8,16H,6-7,9-10H2,1-3H3,(H,17,18). The molecule has 4 heteroatoms. The zero-order chi connectivity index (χ0) is 13.9. The van der Waals surface area contributed by atoms with Gasteiger partial charge in [0.1, 0.15) is 5.75 Å². The molecule has 0 saturated carbocycles. The number of likely N-dealkylation sites (N-methyl/N-ethyl adjacent to an activating group) is 1. The Bertz CT molecular complexity index is 469. The van der Waals surface area contributed by atoms with E-state index >= 15 is 0 Å². The first-order chi connectivity index (χ1) is 9.11. The summed E-state index contributed by atoms with van der Waals surface area (Å²) in [5.41, 5.74) is 2.16. The van der Waals surface area contributed by atoms with E-state index in [0.29, 0.717) is 6.42 Å². The number of piperidine rings is 1. The molecule has 1 aliphatic rings. The predicted molar refractivity (Wildman–Crippen MR) is 75.6 cm³/mol. The van der Waals surface area contributed by atoms with Crippen LogP contribution in [-0.2, 0) is 10.2 Å². The van der Waals surface area contributed by atoms with Crippen LogP contribution in [0.1, 0.15) is 24.0 Å². The van der Waals surface area contributed by atoms with E-state index < -0.39 is 0 Å². The molecule has 1 fully saturated rings. The number of carbonyl (C=O) groups excluding carboxylic acids is 1. The zero-order valence-corrected chi connectivity index (χ0v) is 11.9. The van der Waals surface area contributed by atoms with Crippen molar-refractivity contribution in [2.75, 3.05) is 27.2 Å². The molecule has 2 rings (SSSR count). The van der Waals surface area contributed by atoms with Crippen LogP contribution in [0.3, 0.4) is 0 Å². The SMILES string of the molecule is CNCC1(c2cc(C)ccc2OC)CCNC(=O)C1. The number of benzene rings is 1. The Labute approximate surface area is 114 Å². The second kappa shape index (κ2) is 5.61. The van der Waals surface area contributed by atoms with Crippen molar-refractivity contribution in [1.82, 2.24) is 10.6 Å². The van der Waals surface area contributed by atoms with E-state index in [9.17, 15) is 4.79 Å². The van der Waals surface area contributed by atoms with E-state index in [-0.39, 0.29) is 11.3 Å². The maximum atomic E-state index is 11.8. The lowest BCUT2D eigenvalue weighted by Crippen LogP contribution is -2.48. The lowest BCUT2D eigenvalue weighted by atomic mass is 9.72. The third-order valence-electron chi connectivity index (χ3n) is 3.87. The van der Waals surface area contributed by atoms with Crippen LogP contribution in [0.2, 0.25) is 0 Å². The zero-order valence-electron chi connectivity index (χ0n) is 11.9. The van der Waals surface area contributed by atoms with Crippen molar-refractivity contribution in [3.8, 4) is 5.75 Å². The Morgan fingerprint density at radius 2 is 2.26 bits per heavy atom. The van der Waals surface area contributed by atoms with Gasteiger partial charge < -0.3 is 15.4 Å². The van der Waals surface area contributed by atoms with Crippen molar-refractivity contribution >= 4 is 5.91 Å². The van der Waals surface area contributed by atoms with Crippen LogP contribution in [0, 0.1) is 6.92 Å². The van der Waals surface area contributed by atoms with Crippen molar-refractivity contribution < 1.29 is 9.53 Å². The van der Waals surface area contributed by atoms with Gasteiger partial charge >= 0.3 is 0 Å². The summed E-state index contributed by atoms with van der Waals surface area (Å²) in [5.74, 6) is 0.987. The highest BCUT2D eigenvalue weighted by molar-refractivity contribution is 5.79. The van der Waals surface area contributed by atoms with E-state index in [1.54, 1.807) is 7.11 Å². The molecule has 104 valence electrons. The minimum absolute atomic E-state index is 0.116. The summed E-state index contributed by atoms with van der Waals surface area (Å²) in [6.07, 6.45) is 1.44. The number of ether oxygens (including phenoxy) is 1. The minimum atomic E-state index is -0.172. The molecule has 0 aromatic heterocycles. The number of rotatable bonds is 4. The van der Waals surface area contributed by atoms with Gasteiger partial charge in [0.2, 0.25) is 5.91 Å². The van der Waals surface area contributed by atoms with Crippen LogP contribution in [-0.4, -0.2) is 33.2 Å². The number of hydrogen-bond donors (Lipinski definition) is 2. The molecule has 1 amide bonds. The van der Waals surface area contributed by atoms with E-state index in [2.05, 4.69) is 23.6 Å². The van der Waals surface area contributed by atoms with Crippen molar-refractivity contribution in [1.29, 1.82) is 0 Å². The molecule has 1 aromatic rings. The third kappa shape index (κ3) is 2.73. The molecule has 19 heavy (non-hydrogen) atoms. The fourth-order valence-corrected chi connectivity index (χ4v) is 2.95. The second-order valence-electron chi connectivity index (χ2n) is 5.29. The molecule has 1 aromatic carbocycles. The molecule has 1 atom stereocenters. The van der Waals surface area contributed by atoms with Gasteiger partial charge in [-0.15, -0.1) is 0 Å². The van der Waals surface area contributed by atoms with Gasteiger partial charge in [-0.2, -0.15) is 0 Å². The van der Waals surface area contributed by atoms with Gasteiger partial charge in [0.05, 0.1) is 7.11 Å². The summed E-state index contributed by atoms with van der Waals surface area (Å²) in [6, 6.07) is 6.18. The van der Waals surface area contributed by atoms with Crippen molar-refractivity contribution in [3.05, 3.63) is 29.3 Å². The molecule has 0 aliphatic carbocycles. The van der Waals surface area contributed by atoms with Gasteiger partial charge in [0.25, 0.3) is 0 Å². The Morgan fingerprint density at radius 3 is 2.89 bits per heavy atom. The second-order valence-corrected chi connectivity index (χ2v) is 5.29. The Morgan fingerprint density at radius 1 is 1.47 bits per heavy atom. The normalized spacial score (nSPS) is 23.0. The van der Waals surface area contributed by atoms with Gasteiger partial charge in [-0.1, -0.05) is 17.7 Å². The Kier molecular flexibility index (Phi) is 4.10. The predicted octanol–water partition coefficient (Wildman–Crippen LogP) is 1.37. The van der Waals surface area contributed by atoms with Crippen molar-refractivity contribution in [2.45, 2.75) is 25.2 Å². The van der Waals surface area contributed by atoms with Gasteiger partial charge in [-0.25, -0.2) is 0 Å². The molecule has 0 radical (unpaired) electrons. The molecule has 1 saturated heterocycles. The Hall–Kier alpha value is -1.55. The van der Waals surface area contributed by atoms with Gasteiger partial charge in [-0.3, -0.25) is 4.79 Å². The molecule has 0 bridgehead atoms. The minimum Gasteiger partial charge on any atom is -0.496 e. The smallest absolute Gasteiger partial charge is 0.220 e. The molecular weight excluding hydrogens is 240 g/mol. The number of aryl methyl sites for hydroxylation is 1. The third-order valence-corrected chi connectivity index (χ3v) is 3.87. The van der Waals surface area contributed by atoms with Crippen LogP contribution in [0.25, 0.3) is 0 Å². The molecule has 2 N–H and O–H groups in total. The summed E-state index contributed by atoms with van der Waals surface area (Å²) < 4.78 is 5.50. The fraction of sp³-hybridized carbons (Fsp3) is 0.533. The van der Waals surface area contributed by atoms with Gasteiger partial charge in [0.15, 0.2) is 0 Å². The summed E-state index contributed by atoms with van der Waals surface area (Å²) in [4.78, 5) is 11.8. The van der Waals surface area contributed by atoms with E-state index in [0.717, 1.165) is 30.8 Å². The van der Waals surface area contributed by atoms with Crippen LogP contribution in [0.5, 0.6) is 5.75 Å². The first-order valence-electron chi connectivity index (χ1n) is 6.68. The highest BCUT2D eigenvalue weighted by atomic mass is 16.5. The quantitative estimate of drug-likeness (QED) is 0.861. The largest absolute Gasteiger partial charge is 0.496 e. The maximum absolute atomic E-state index is 11.8. The molecule has 4 nitrogen and oxygen atoms in total. The number of hydrogen-bond acceptors (Lipinski definition) is 3. The molecule has 1 heterocycles. The lowest BCUT2D eigenvalue weighted by Gasteiger charge is -2.38. The highest BCUT2D eigenvalue weighted by Crippen LogP contribution is 2.39. The summed E-state index contributed by atoms with van der Waals surface area (Å²) in [6.45, 7) is 3.57. The molecule has 0 spiro atoms.